The number of nitrogens with zero attached hydrogens (tertiary/aromatic N) is 4. The molecule has 0 saturated carbocycles. The van der Waals surface area contributed by atoms with Crippen LogP contribution in [0.25, 0.3) is 0 Å². The highest BCUT2D eigenvalue weighted by Crippen LogP contribution is 2.36. The van der Waals surface area contributed by atoms with Crippen LogP contribution in [0.3, 0.4) is 0 Å². The molecule has 8 heteroatoms. The summed E-state index contributed by atoms with van der Waals surface area (Å²) in [7, 11) is -3.70. The third-order valence-corrected chi connectivity index (χ3v) is 6.66. The normalized spacial score (nSPS) is 24.3. The quantitative estimate of drug-likeness (QED) is 0.844. The number of rotatable bonds is 3. The molecule has 2 aliphatic rings. The fourth-order valence-corrected chi connectivity index (χ4v) is 5.43. The summed E-state index contributed by atoms with van der Waals surface area (Å²) in [5.74, 6) is 0.0903. The van der Waals surface area contributed by atoms with Crippen LogP contribution >= 0.6 is 0 Å². The van der Waals surface area contributed by atoms with Gasteiger partial charge in [-0.15, -0.1) is 0 Å². The highest BCUT2D eigenvalue weighted by Gasteiger charge is 2.48. The lowest BCUT2D eigenvalue weighted by Crippen LogP contribution is -2.40. The molecule has 0 unspecified atom stereocenters. The zero-order valence-electron chi connectivity index (χ0n) is 12.9. The van der Waals surface area contributed by atoms with Crippen LogP contribution in [-0.4, -0.2) is 47.9 Å². The minimum atomic E-state index is -3.70. The summed E-state index contributed by atoms with van der Waals surface area (Å²) in [6.45, 7) is 1.14. The van der Waals surface area contributed by atoms with E-state index in [-0.39, 0.29) is 17.0 Å². The molecule has 2 atom stereocenters. The Kier molecular flexibility index (Phi) is 3.73. The molecule has 24 heavy (non-hydrogen) atoms. The van der Waals surface area contributed by atoms with E-state index in [1.54, 1.807) is 18.5 Å². The van der Waals surface area contributed by atoms with Crippen molar-refractivity contribution in [2.45, 2.75) is 29.8 Å². The second-order valence-electron chi connectivity index (χ2n) is 6.03. The van der Waals surface area contributed by atoms with E-state index in [4.69, 9.17) is 0 Å². The Balaban J connectivity index is 1.62. The Morgan fingerprint density at radius 1 is 1.04 bits per heavy atom. The van der Waals surface area contributed by atoms with Crippen molar-refractivity contribution in [3.05, 3.63) is 48.5 Å². The van der Waals surface area contributed by atoms with Gasteiger partial charge in [0.05, 0.1) is 4.90 Å². The number of fused-ring (bicyclic) bond motifs is 1. The number of benzene rings is 1. The van der Waals surface area contributed by atoms with Gasteiger partial charge in [0.25, 0.3) is 0 Å². The monoisotopic (exact) mass is 348 g/mol. The van der Waals surface area contributed by atoms with E-state index < -0.39 is 15.8 Å². The van der Waals surface area contributed by atoms with Crippen LogP contribution < -0.4 is 4.90 Å². The standard InChI is InChI=1S/C16H17FN4O2S/c17-12-3-1-4-13(11-12)24(22,23)21-10-6-14-15(21)5-9-20(14)16-18-7-2-8-19-16/h1-4,7-8,11,14-15H,5-6,9-10H2/t14-,15-/m0/s1. The van der Waals surface area contributed by atoms with E-state index in [0.717, 1.165) is 18.9 Å². The summed E-state index contributed by atoms with van der Waals surface area (Å²) in [6.07, 6.45) is 4.81. The molecule has 0 spiro atoms. The van der Waals surface area contributed by atoms with Gasteiger partial charge in [0.2, 0.25) is 16.0 Å². The van der Waals surface area contributed by atoms with Gasteiger partial charge in [-0.05, 0) is 37.1 Å². The van der Waals surface area contributed by atoms with Crippen molar-refractivity contribution in [2.75, 3.05) is 18.0 Å². The van der Waals surface area contributed by atoms with Crippen LogP contribution in [-0.2, 0) is 10.0 Å². The van der Waals surface area contributed by atoms with Crippen LogP contribution in [0.4, 0.5) is 10.3 Å². The first kappa shape index (κ1) is 15.5. The van der Waals surface area contributed by atoms with Gasteiger partial charge in [-0.3, -0.25) is 0 Å². The molecule has 2 saturated heterocycles. The molecule has 3 heterocycles. The maximum absolute atomic E-state index is 13.4. The van der Waals surface area contributed by atoms with Crippen molar-refractivity contribution in [2.24, 2.45) is 0 Å². The highest BCUT2D eigenvalue weighted by molar-refractivity contribution is 7.89. The van der Waals surface area contributed by atoms with Crippen LogP contribution in [0, 0.1) is 5.82 Å². The van der Waals surface area contributed by atoms with E-state index >= 15 is 0 Å². The number of aromatic nitrogens is 2. The van der Waals surface area contributed by atoms with Crippen molar-refractivity contribution in [1.82, 2.24) is 14.3 Å². The molecule has 1 aromatic heterocycles. The zero-order valence-corrected chi connectivity index (χ0v) is 13.7. The minimum absolute atomic E-state index is 0.0116. The fraction of sp³-hybridized carbons (Fsp3) is 0.375. The van der Waals surface area contributed by atoms with E-state index in [0.29, 0.717) is 19.0 Å². The van der Waals surface area contributed by atoms with Gasteiger partial charge in [-0.1, -0.05) is 6.07 Å². The van der Waals surface area contributed by atoms with Gasteiger partial charge < -0.3 is 4.90 Å². The molecule has 1 aromatic carbocycles. The van der Waals surface area contributed by atoms with Crippen LogP contribution in [0.1, 0.15) is 12.8 Å². The van der Waals surface area contributed by atoms with Crippen LogP contribution in [0.5, 0.6) is 0 Å². The Bertz CT molecular complexity index is 846. The highest BCUT2D eigenvalue weighted by atomic mass is 32.2. The Morgan fingerprint density at radius 2 is 1.79 bits per heavy atom. The van der Waals surface area contributed by atoms with Crippen molar-refractivity contribution in [1.29, 1.82) is 0 Å². The molecular weight excluding hydrogens is 331 g/mol. The lowest BCUT2D eigenvalue weighted by Gasteiger charge is -2.25. The summed E-state index contributed by atoms with van der Waals surface area (Å²) in [5, 5.41) is 0. The number of anilines is 1. The first-order chi connectivity index (χ1) is 11.6. The average Bonchev–Trinajstić information content (AvgIpc) is 3.17. The van der Waals surface area contributed by atoms with Crippen LogP contribution in [0.15, 0.2) is 47.6 Å². The molecular formula is C16H17FN4O2S. The fourth-order valence-electron chi connectivity index (χ4n) is 3.70. The molecule has 0 radical (unpaired) electrons. The van der Waals surface area contributed by atoms with Crippen molar-refractivity contribution in [3.63, 3.8) is 0 Å². The van der Waals surface area contributed by atoms with Crippen molar-refractivity contribution < 1.29 is 12.8 Å². The lowest BCUT2D eigenvalue weighted by atomic mass is 10.1. The van der Waals surface area contributed by atoms with Gasteiger partial charge in [-0.25, -0.2) is 22.8 Å². The first-order valence-electron chi connectivity index (χ1n) is 7.88. The summed E-state index contributed by atoms with van der Waals surface area (Å²) in [6, 6.07) is 6.89. The maximum atomic E-state index is 13.4. The smallest absolute Gasteiger partial charge is 0.243 e. The molecule has 0 bridgehead atoms. The maximum Gasteiger partial charge on any atom is 0.243 e. The lowest BCUT2D eigenvalue weighted by molar-refractivity contribution is 0.387. The number of sulfonamides is 1. The van der Waals surface area contributed by atoms with E-state index in [1.165, 1.54) is 22.5 Å². The third kappa shape index (κ3) is 2.46. The zero-order chi connectivity index (χ0) is 16.7. The molecule has 6 nitrogen and oxygen atoms in total. The molecule has 2 aromatic rings. The average molecular weight is 348 g/mol. The molecule has 4 rings (SSSR count). The molecule has 126 valence electrons. The van der Waals surface area contributed by atoms with Crippen molar-refractivity contribution in [3.8, 4) is 0 Å². The van der Waals surface area contributed by atoms with Gasteiger partial charge in [0, 0.05) is 37.6 Å². The molecule has 0 aliphatic carbocycles. The topological polar surface area (TPSA) is 66.4 Å². The van der Waals surface area contributed by atoms with Crippen molar-refractivity contribution >= 4 is 16.0 Å². The summed E-state index contributed by atoms with van der Waals surface area (Å²) in [4.78, 5) is 10.6. The van der Waals surface area contributed by atoms with Gasteiger partial charge >= 0.3 is 0 Å². The summed E-state index contributed by atoms with van der Waals surface area (Å²) >= 11 is 0. The first-order valence-corrected chi connectivity index (χ1v) is 9.32. The summed E-state index contributed by atoms with van der Waals surface area (Å²) in [5.41, 5.74) is 0. The molecule has 2 fully saturated rings. The third-order valence-electron chi connectivity index (χ3n) is 4.74. The number of hydrogen-bond donors (Lipinski definition) is 0. The predicted octanol–water partition coefficient (Wildman–Crippen LogP) is 1.66. The number of halogens is 1. The number of hydrogen-bond acceptors (Lipinski definition) is 5. The van der Waals surface area contributed by atoms with Gasteiger partial charge in [0.15, 0.2) is 0 Å². The molecule has 0 amide bonds. The van der Waals surface area contributed by atoms with E-state index in [9.17, 15) is 12.8 Å². The Morgan fingerprint density at radius 3 is 2.54 bits per heavy atom. The van der Waals surface area contributed by atoms with Gasteiger partial charge in [-0.2, -0.15) is 4.31 Å². The minimum Gasteiger partial charge on any atom is -0.336 e. The van der Waals surface area contributed by atoms with E-state index in [2.05, 4.69) is 14.9 Å². The van der Waals surface area contributed by atoms with Gasteiger partial charge in [0.1, 0.15) is 5.82 Å². The SMILES string of the molecule is O=S(=O)(c1cccc(F)c1)N1CC[C@H]2[C@@H]1CCN2c1ncccn1. The van der Waals surface area contributed by atoms with E-state index in [1.807, 2.05) is 0 Å². The summed E-state index contributed by atoms with van der Waals surface area (Å²) < 4.78 is 40.7. The predicted molar refractivity (Wildman–Crippen MR) is 86.5 cm³/mol. The Labute approximate surface area is 140 Å². The molecule has 2 aliphatic heterocycles. The second kappa shape index (κ2) is 5.78. The Hall–Kier alpha value is -2.06. The molecule has 0 N–H and O–H groups in total. The van der Waals surface area contributed by atoms with Crippen LogP contribution in [0.2, 0.25) is 0 Å². The second-order valence-corrected chi connectivity index (χ2v) is 7.92. The largest absolute Gasteiger partial charge is 0.336 e.